The van der Waals surface area contributed by atoms with Crippen LogP contribution in [0.2, 0.25) is 0 Å². The highest BCUT2D eigenvalue weighted by atomic mass is 32.1. The van der Waals surface area contributed by atoms with Crippen molar-refractivity contribution in [2.75, 3.05) is 38.6 Å². The summed E-state index contributed by atoms with van der Waals surface area (Å²) in [5, 5.41) is 4.22. The number of piperidine rings is 3. The van der Waals surface area contributed by atoms with Crippen molar-refractivity contribution < 1.29 is 4.79 Å². The summed E-state index contributed by atoms with van der Waals surface area (Å²) in [5.41, 5.74) is 2.01. The van der Waals surface area contributed by atoms with E-state index in [-0.39, 0.29) is 5.91 Å². The number of anilines is 1. The zero-order chi connectivity index (χ0) is 16.0. The summed E-state index contributed by atoms with van der Waals surface area (Å²) in [5.74, 6) is 0.678. The van der Waals surface area contributed by atoms with Gasteiger partial charge in [0.25, 0.3) is 5.91 Å². The molecule has 0 spiro atoms. The molecule has 1 atom stereocenters. The zero-order valence-electron chi connectivity index (χ0n) is 13.6. The van der Waals surface area contributed by atoms with Gasteiger partial charge in [-0.1, -0.05) is 0 Å². The summed E-state index contributed by atoms with van der Waals surface area (Å²) in [4.78, 5) is 18.0. The molecule has 1 aromatic carbocycles. The first-order chi connectivity index (χ1) is 11.1. The van der Waals surface area contributed by atoms with Crippen LogP contribution in [0, 0.1) is 5.92 Å². The fourth-order valence-corrected chi connectivity index (χ4v) is 4.49. The highest BCUT2D eigenvalue weighted by Crippen LogP contribution is 2.29. The fourth-order valence-electron chi connectivity index (χ4n) is 3.74. The first-order valence-corrected chi connectivity index (χ1v) is 8.99. The Hall–Kier alpha value is -1.66. The second-order valence-corrected chi connectivity index (χ2v) is 7.60. The van der Waals surface area contributed by atoms with Crippen molar-refractivity contribution in [1.82, 2.24) is 14.6 Å². The fraction of sp³-hybridized carbons (Fsp3) is 0.529. The van der Waals surface area contributed by atoms with Gasteiger partial charge in [-0.2, -0.15) is 4.37 Å². The number of hydrogen-bond acceptors (Lipinski definition) is 5. The molecule has 2 bridgehead atoms. The monoisotopic (exact) mass is 330 g/mol. The van der Waals surface area contributed by atoms with Gasteiger partial charge < -0.3 is 15.1 Å². The van der Waals surface area contributed by atoms with Crippen molar-refractivity contribution >= 4 is 34.0 Å². The van der Waals surface area contributed by atoms with Gasteiger partial charge in [0.15, 0.2) is 0 Å². The molecule has 1 amide bonds. The normalized spacial score (nSPS) is 26.4. The minimum atomic E-state index is 0.0360. The lowest BCUT2D eigenvalue weighted by Crippen LogP contribution is -2.57. The summed E-state index contributed by atoms with van der Waals surface area (Å²) in [7, 11) is 4.02. The van der Waals surface area contributed by atoms with E-state index < -0.39 is 0 Å². The van der Waals surface area contributed by atoms with Gasteiger partial charge in [0, 0.05) is 37.8 Å². The van der Waals surface area contributed by atoms with Gasteiger partial charge in [0.1, 0.15) is 4.88 Å². The molecule has 1 N–H and O–H groups in total. The van der Waals surface area contributed by atoms with Gasteiger partial charge in [0.05, 0.1) is 5.52 Å². The van der Waals surface area contributed by atoms with E-state index in [0.717, 1.165) is 28.0 Å². The Morgan fingerprint density at radius 3 is 2.78 bits per heavy atom. The smallest absolute Gasteiger partial charge is 0.263 e. The summed E-state index contributed by atoms with van der Waals surface area (Å²) < 4.78 is 4.47. The molecule has 3 saturated heterocycles. The molecule has 4 heterocycles. The van der Waals surface area contributed by atoms with E-state index in [9.17, 15) is 4.79 Å². The van der Waals surface area contributed by atoms with Crippen molar-refractivity contribution in [3.05, 3.63) is 23.1 Å². The maximum absolute atomic E-state index is 12.7. The van der Waals surface area contributed by atoms with Crippen molar-refractivity contribution in [2.24, 2.45) is 5.92 Å². The van der Waals surface area contributed by atoms with Gasteiger partial charge in [-0.25, -0.2) is 0 Å². The molecule has 122 valence electrons. The van der Waals surface area contributed by atoms with E-state index in [1.807, 2.05) is 37.2 Å². The molecule has 2 aromatic rings. The maximum Gasteiger partial charge on any atom is 0.263 e. The van der Waals surface area contributed by atoms with Crippen LogP contribution >= 0.6 is 11.5 Å². The van der Waals surface area contributed by atoms with Gasteiger partial charge in [0.2, 0.25) is 0 Å². The number of benzene rings is 1. The third-order valence-electron chi connectivity index (χ3n) is 5.16. The van der Waals surface area contributed by atoms with Crippen LogP contribution in [0.5, 0.6) is 0 Å². The Morgan fingerprint density at radius 2 is 2.13 bits per heavy atom. The third-order valence-corrected chi connectivity index (χ3v) is 6.03. The number of nitrogens with one attached hydrogen (secondary N) is 1. The highest BCUT2D eigenvalue weighted by Gasteiger charge is 2.35. The molecular formula is C17H22N4OS. The molecule has 3 aliphatic rings. The van der Waals surface area contributed by atoms with Crippen molar-refractivity contribution in [3.63, 3.8) is 0 Å². The third kappa shape index (κ3) is 2.70. The van der Waals surface area contributed by atoms with Crippen LogP contribution in [0.15, 0.2) is 18.2 Å². The average molecular weight is 330 g/mol. The molecule has 3 fully saturated rings. The summed E-state index contributed by atoms with van der Waals surface area (Å²) in [6.45, 7) is 3.37. The molecule has 6 heteroatoms. The first-order valence-electron chi connectivity index (χ1n) is 8.22. The molecule has 3 aliphatic heterocycles. The topological polar surface area (TPSA) is 48.5 Å². The molecular weight excluding hydrogens is 308 g/mol. The van der Waals surface area contributed by atoms with Crippen LogP contribution < -0.4 is 10.2 Å². The van der Waals surface area contributed by atoms with E-state index >= 15 is 0 Å². The molecule has 23 heavy (non-hydrogen) atoms. The van der Waals surface area contributed by atoms with Crippen molar-refractivity contribution in [3.8, 4) is 0 Å². The lowest BCUT2D eigenvalue weighted by Gasteiger charge is -2.44. The number of rotatable bonds is 3. The molecule has 0 unspecified atom stereocenters. The predicted octanol–water partition coefficient (Wildman–Crippen LogP) is 2.19. The number of aromatic nitrogens is 1. The van der Waals surface area contributed by atoms with Crippen LogP contribution in [-0.4, -0.2) is 55.0 Å². The van der Waals surface area contributed by atoms with Gasteiger partial charge >= 0.3 is 0 Å². The van der Waals surface area contributed by atoms with Gasteiger partial charge in [-0.15, -0.1) is 0 Å². The molecule has 5 nitrogen and oxygen atoms in total. The zero-order valence-corrected chi connectivity index (χ0v) is 14.4. The van der Waals surface area contributed by atoms with Crippen LogP contribution in [0.1, 0.15) is 22.5 Å². The molecule has 0 aliphatic carbocycles. The van der Waals surface area contributed by atoms with Crippen LogP contribution in [0.4, 0.5) is 5.69 Å². The number of fused-ring (bicyclic) bond motifs is 4. The van der Waals surface area contributed by atoms with Crippen LogP contribution in [0.25, 0.3) is 10.9 Å². The maximum atomic E-state index is 12.7. The van der Waals surface area contributed by atoms with Gasteiger partial charge in [-0.05, 0) is 61.6 Å². The summed E-state index contributed by atoms with van der Waals surface area (Å²) in [6.07, 6.45) is 2.42. The lowest BCUT2D eigenvalue weighted by molar-refractivity contribution is 0.0623. The Morgan fingerprint density at radius 1 is 1.35 bits per heavy atom. The Balaban J connectivity index is 1.55. The van der Waals surface area contributed by atoms with Crippen molar-refractivity contribution in [2.45, 2.75) is 18.9 Å². The number of amides is 1. The second kappa shape index (κ2) is 5.76. The molecule has 1 aromatic heterocycles. The van der Waals surface area contributed by atoms with E-state index in [0.29, 0.717) is 12.0 Å². The number of hydrogen-bond donors (Lipinski definition) is 1. The van der Waals surface area contributed by atoms with Crippen LogP contribution in [-0.2, 0) is 0 Å². The number of carbonyl (C=O) groups is 1. The summed E-state index contributed by atoms with van der Waals surface area (Å²) in [6, 6.07) is 6.39. The number of carbonyl (C=O) groups excluding carboxylic acids is 1. The lowest BCUT2D eigenvalue weighted by atomic mass is 9.84. The standard InChI is InChI=1S/C17H22N4OS/c1-20(2)12-3-4-13-14(9-12)19-23-16(13)17(22)18-15-10-21-7-5-11(15)6-8-21/h3-4,9,11,15H,5-8,10H2,1-2H3,(H,18,22)/t15-/m1/s1. The Kier molecular flexibility index (Phi) is 3.73. The first kappa shape index (κ1) is 14.9. The SMILES string of the molecule is CN(C)c1ccc2c(C(=O)N[C@@H]3CN4CCC3CC4)snc2c1. The van der Waals surface area contributed by atoms with Crippen molar-refractivity contribution in [1.29, 1.82) is 0 Å². The van der Waals surface area contributed by atoms with Gasteiger partial charge in [-0.3, -0.25) is 4.79 Å². The highest BCUT2D eigenvalue weighted by molar-refractivity contribution is 7.09. The minimum absolute atomic E-state index is 0.0360. The quantitative estimate of drug-likeness (QED) is 0.937. The Labute approximate surface area is 140 Å². The van der Waals surface area contributed by atoms with E-state index in [1.54, 1.807) is 0 Å². The predicted molar refractivity (Wildman–Crippen MR) is 94.4 cm³/mol. The second-order valence-electron chi connectivity index (χ2n) is 6.83. The molecule has 0 radical (unpaired) electrons. The van der Waals surface area contributed by atoms with E-state index in [1.165, 1.54) is 37.5 Å². The number of nitrogens with zero attached hydrogens (tertiary/aromatic N) is 3. The molecule has 0 saturated carbocycles. The minimum Gasteiger partial charge on any atom is -0.378 e. The van der Waals surface area contributed by atoms with Crippen LogP contribution in [0.3, 0.4) is 0 Å². The molecule has 5 rings (SSSR count). The Bertz CT molecular complexity index is 733. The van der Waals surface area contributed by atoms with E-state index in [2.05, 4.69) is 14.6 Å². The largest absolute Gasteiger partial charge is 0.378 e. The van der Waals surface area contributed by atoms with E-state index in [4.69, 9.17) is 0 Å². The average Bonchev–Trinajstić information content (AvgIpc) is 2.99. The summed E-state index contributed by atoms with van der Waals surface area (Å²) >= 11 is 1.31.